The quantitative estimate of drug-likeness (QED) is 0.848. The van der Waals surface area contributed by atoms with Crippen LogP contribution < -0.4 is 5.32 Å². The third kappa shape index (κ3) is 4.83. The van der Waals surface area contributed by atoms with Crippen LogP contribution in [0, 0.1) is 5.82 Å². The van der Waals surface area contributed by atoms with Crippen molar-refractivity contribution in [3.8, 4) is 0 Å². The molecular weight excluding hydrogens is 308 g/mol. The van der Waals surface area contributed by atoms with Gasteiger partial charge in [0.1, 0.15) is 5.82 Å². The Bertz CT molecular complexity index is 473. The first-order valence-corrected chi connectivity index (χ1v) is 7.21. The molecule has 0 bridgehead atoms. The Morgan fingerprint density at radius 2 is 1.90 bits per heavy atom. The van der Waals surface area contributed by atoms with Crippen LogP contribution in [-0.4, -0.2) is 37.3 Å². The third-order valence-corrected chi connectivity index (χ3v) is 3.91. The molecule has 2 rings (SSSR count). The van der Waals surface area contributed by atoms with Crippen LogP contribution in [0.25, 0.3) is 0 Å². The van der Waals surface area contributed by atoms with Crippen LogP contribution in [0.2, 0.25) is 5.02 Å². The maximum absolute atomic E-state index is 13.2. The summed E-state index contributed by atoms with van der Waals surface area (Å²) >= 11 is 5.76. The molecule has 21 heavy (non-hydrogen) atoms. The van der Waals surface area contributed by atoms with Gasteiger partial charge in [-0.2, -0.15) is 13.2 Å². The van der Waals surface area contributed by atoms with E-state index in [2.05, 4.69) is 5.32 Å². The molecule has 0 unspecified atom stereocenters. The highest BCUT2D eigenvalue weighted by atomic mass is 35.5. The minimum absolute atomic E-state index is 0.0501. The van der Waals surface area contributed by atoms with Crippen LogP contribution in [-0.2, 0) is 0 Å². The Balaban J connectivity index is 2.18. The summed E-state index contributed by atoms with van der Waals surface area (Å²) in [6, 6.07) is 3.76. The fourth-order valence-electron chi connectivity index (χ4n) is 2.57. The molecule has 0 aliphatic carbocycles. The lowest BCUT2D eigenvalue weighted by molar-refractivity contribution is -0.138. The third-order valence-electron chi connectivity index (χ3n) is 3.62. The number of hydrogen-bond acceptors (Lipinski definition) is 2. The summed E-state index contributed by atoms with van der Waals surface area (Å²) in [5.41, 5.74) is 0.632. The molecule has 1 aromatic carbocycles. The molecular formula is C14H17ClF4N2. The number of alkyl halides is 3. The Hall–Kier alpha value is -0.850. The normalized spacial score (nSPS) is 18.7. The highest BCUT2D eigenvalue weighted by Gasteiger charge is 2.31. The molecule has 1 aromatic rings. The monoisotopic (exact) mass is 324 g/mol. The highest BCUT2D eigenvalue weighted by Crippen LogP contribution is 2.33. The molecule has 1 fully saturated rings. The molecule has 1 N–H and O–H groups in total. The van der Waals surface area contributed by atoms with E-state index in [-0.39, 0.29) is 11.4 Å². The fourth-order valence-corrected chi connectivity index (χ4v) is 2.76. The molecule has 2 nitrogen and oxygen atoms in total. The Kier molecular flexibility index (Phi) is 5.46. The lowest BCUT2D eigenvalue weighted by Gasteiger charge is -2.35. The number of benzene rings is 1. The minimum atomic E-state index is -4.20. The average Bonchev–Trinajstić information content (AvgIpc) is 2.43. The van der Waals surface area contributed by atoms with E-state index in [4.69, 9.17) is 11.6 Å². The van der Waals surface area contributed by atoms with Gasteiger partial charge in [-0.05, 0) is 24.1 Å². The van der Waals surface area contributed by atoms with Gasteiger partial charge >= 0.3 is 6.18 Å². The number of halogens is 5. The van der Waals surface area contributed by atoms with Crippen molar-refractivity contribution in [1.82, 2.24) is 10.2 Å². The molecule has 0 amide bonds. The maximum atomic E-state index is 13.2. The minimum Gasteiger partial charge on any atom is -0.314 e. The number of nitrogens with one attached hydrogen (secondary N) is 1. The Morgan fingerprint density at radius 1 is 1.24 bits per heavy atom. The summed E-state index contributed by atoms with van der Waals surface area (Å²) in [7, 11) is 0. The van der Waals surface area contributed by atoms with Crippen LogP contribution in [0.1, 0.15) is 24.4 Å². The van der Waals surface area contributed by atoms with Crippen molar-refractivity contribution in [1.29, 1.82) is 0 Å². The topological polar surface area (TPSA) is 15.3 Å². The second-order valence-corrected chi connectivity index (χ2v) is 5.54. The summed E-state index contributed by atoms with van der Waals surface area (Å²) in [6.45, 7) is 2.80. The zero-order valence-electron chi connectivity index (χ0n) is 11.4. The smallest absolute Gasteiger partial charge is 0.314 e. The SMILES string of the molecule is Fc1ccc([C@@H](CCC(F)(F)F)N2CCNCC2)cc1Cl. The van der Waals surface area contributed by atoms with Crippen molar-refractivity contribution >= 4 is 11.6 Å². The van der Waals surface area contributed by atoms with Crippen molar-refractivity contribution in [2.45, 2.75) is 25.1 Å². The second-order valence-electron chi connectivity index (χ2n) is 5.13. The zero-order valence-corrected chi connectivity index (χ0v) is 12.1. The molecule has 1 heterocycles. The van der Waals surface area contributed by atoms with Crippen LogP contribution in [0.15, 0.2) is 18.2 Å². The van der Waals surface area contributed by atoms with Crippen molar-refractivity contribution < 1.29 is 17.6 Å². The summed E-state index contributed by atoms with van der Waals surface area (Å²) in [6.07, 6.45) is -5.11. The van der Waals surface area contributed by atoms with Crippen molar-refractivity contribution in [3.63, 3.8) is 0 Å². The van der Waals surface area contributed by atoms with Crippen LogP contribution in [0.4, 0.5) is 17.6 Å². The van der Waals surface area contributed by atoms with Crippen LogP contribution >= 0.6 is 11.6 Å². The van der Waals surface area contributed by atoms with E-state index in [1.54, 1.807) is 0 Å². The largest absolute Gasteiger partial charge is 0.389 e. The summed E-state index contributed by atoms with van der Waals surface area (Å²) in [4.78, 5) is 1.99. The van der Waals surface area contributed by atoms with Gasteiger partial charge in [0, 0.05) is 38.6 Å². The van der Waals surface area contributed by atoms with Gasteiger partial charge in [0.15, 0.2) is 0 Å². The molecule has 0 spiro atoms. The lowest BCUT2D eigenvalue weighted by atomic mass is 9.99. The van der Waals surface area contributed by atoms with E-state index in [0.29, 0.717) is 18.7 Å². The van der Waals surface area contributed by atoms with E-state index >= 15 is 0 Å². The highest BCUT2D eigenvalue weighted by molar-refractivity contribution is 6.30. The molecule has 118 valence electrons. The predicted molar refractivity (Wildman–Crippen MR) is 73.9 cm³/mol. The first-order chi connectivity index (χ1) is 9.87. The van der Waals surface area contributed by atoms with E-state index in [0.717, 1.165) is 13.1 Å². The van der Waals surface area contributed by atoms with Gasteiger partial charge in [0.2, 0.25) is 0 Å². The van der Waals surface area contributed by atoms with Gasteiger partial charge in [0.25, 0.3) is 0 Å². The molecule has 0 radical (unpaired) electrons. The Labute approximate surface area is 126 Å². The molecule has 1 saturated heterocycles. The first kappa shape index (κ1) is 16.5. The van der Waals surface area contributed by atoms with Gasteiger partial charge in [0.05, 0.1) is 5.02 Å². The summed E-state index contributed by atoms with van der Waals surface area (Å²) in [5, 5.41) is 3.11. The summed E-state index contributed by atoms with van der Waals surface area (Å²) in [5.74, 6) is -0.560. The number of piperazine rings is 1. The molecule has 0 saturated carbocycles. The first-order valence-electron chi connectivity index (χ1n) is 6.83. The van der Waals surface area contributed by atoms with Crippen molar-refractivity contribution in [3.05, 3.63) is 34.6 Å². The fraction of sp³-hybridized carbons (Fsp3) is 0.571. The summed E-state index contributed by atoms with van der Waals surface area (Å²) < 4.78 is 50.8. The molecule has 1 aliphatic heterocycles. The van der Waals surface area contributed by atoms with Crippen molar-refractivity contribution in [2.24, 2.45) is 0 Å². The average molecular weight is 325 g/mol. The van der Waals surface area contributed by atoms with E-state index in [9.17, 15) is 17.6 Å². The van der Waals surface area contributed by atoms with Gasteiger partial charge < -0.3 is 5.32 Å². The van der Waals surface area contributed by atoms with E-state index < -0.39 is 24.5 Å². The molecule has 7 heteroatoms. The maximum Gasteiger partial charge on any atom is 0.389 e. The lowest BCUT2D eigenvalue weighted by Crippen LogP contribution is -2.45. The van der Waals surface area contributed by atoms with E-state index in [1.165, 1.54) is 18.2 Å². The number of hydrogen-bond donors (Lipinski definition) is 1. The standard InChI is InChI=1S/C14H17ClF4N2/c15-11-9-10(1-2-12(11)16)13(3-4-14(17,18)19)21-7-5-20-6-8-21/h1-2,9,13,20H,3-8H2/t13-/m1/s1. The van der Waals surface area contributed by atoms with Crippen molar-refractivity contribution in [2.75, 3.05) is 26.2 Å². The van der Waals surface area contributed by atoms with Gasteiger partial charge in [-0.3, -0.25) is 4.90 Å². The second kappa shape index (κ2) is 6.94. The molecule has 1 atom stereocenters. The van der Waals surface area contributed by atoms with Crippen LogP contribution in [0.3, 0.4) is 0 Å². The molecule has 0 aromatic heterocycles. The van der Waals surface area contributed by atoms with Gasteiger partial charge in [-0.1, -0.05) is 17.7 Å². The van der Waals surface area contributed by atoms with Gasteiger partial charge in [-0.15, -0.1) is 0 Å². The van der Waals surface area contributed by atoms with Gasteiger partial charge in [-0.25, -0.2) is 4.39 Å². The van der Waals surface area contributed by atoms with E-state index in [1.807, 2.05) is 4.90 Å². The zero-order chi connectivity index (χ0) is 15.5. The predicted octanol–water partition coefficient (Wildman–Crippen LogP) is 3.77. The molecule has 1 aliphatic rings. The van der Waals surface area contributed by atoms with Crippen LogP contribution in [0.5, 0.6) is 0 Å². The Morgan fingerprint density at radius 3 is 2.48 bits per heavy atom. The number of rotatable bonds is 4. The number of nitrogens with zero attached hydrogens (tertiary/aromatic N) is 1.